The number of rotatable bonds is 3. The van der Waals surface area contributed by atoms with Gasteiger partial charge in [0.15, 0.2) is 0 Å². The Kier molecular flexibility index (Phi) is 4.70. The fourth-order valence-corrected chi connectivity index (χ4v) is 2.03. The molecule has 13 heavy (non-hydrogen) atoms. The van der Waals surface area contributed by atoms with Crippen LogP contribution in [0.4, 0.5) is 0 Å². The Morgan fingerprint density at radius 1 is 1.15 bits per heavy atom. The summed E-state index contributed by atoms with van der Waals surface area (Å²) in [5.41, 5.74) is 0. The maximum Gasteiger partial charge on any atom is 0.0431 e. The van der Waals surface area contributed by atoms with Crippen molar-refractivity contribution >= 4 is 0 Å². The molecular formula is C10H22N2O. The zero-order chi connectivity index (χ0) is 9.68. The first-order valence-electron chi connectivity index (χ1n) is 5.20. The summed E-state index contributed by atoms with van der Waals surface area (Å²) in [6.07, 6.45) is 2.11. The van der Waals surface area contributed by atoms with E-state index in [1.807, 2.05) is 0 Å². The quantitative estimate of drug-likeness (QED) is 0.684. The smallest absolute Gasteiger partial charge is 0.0431 e. The molecule has 1 aliphatic heterocycles. The second-order valence-corrected chi connectivity index (χ2v) is 4.26. The van der Waals surface area contributed by atoms with Gasteiger partial charge in [-0.1, -0.05) is 0 Å². The molecule has 0 unspecified atom stereocenters. The van der Waals surface area contributed by atoms with Gasteiger partial charge in [0.2, 0.25) is 0 Å². The van der Waals surface area contributed by atoms with Gasteiger partial charge in [-0.25, -0.2) is 0 Å². The molecule has 1 heterocycles. The predicted molar refractivity (Wildman–Crippen MR) is 54.8 cm³/mol. The lowest BCUT2D eigenvalue weighted by Gasteiger charge is -2.20. The zero-order valence-electron chi connectivity index (χ0n) is 8.87. The Morgan fingerprint density at radius 2 is 1.69 bits per heavy atom. The lowest BCUT2D eigenvalue weighted by atomic mass is 10.0. The third kappa shape index (κ3) is 4.07. The van der Waals surface area contributed by atoms with Gasteiger partial charge < -0.3 is 14.9 Å². The molecule has 0 bridgehead atoms. The minimum absolute atomic E-state index is 0.337. The molecule has 0 aromatic carbocycles. The predicted octanol–water partition coefficient (Wildman–Crippen LogP) is 0.252. The minimum Gasteiger partial charge on any atom is -0.396 e. The summed E-state index contributed by atoms with van der Waals surface area (Å²) in [5, 5.41) is 8.77. The molecule has 1 aliphatic rings. The van der Waals surface area contributed by atoms with E-state index < -0.39 is 0 Å². The maximum absolute atomic E-state index is 8.77. The van der Waals surface area contributed by atoms with Gasteiger partial charge in [-0.3, -0.25) is 0 Å². The fourth-order valence-electron chi connectivity index (χ4n) is 2.03. The number of aliphatic hydroxyl groups excluding tert-OH is 1. The van der Waals surface area contributed by atoms with Gasteiger partial charge in [-0.05, 0) is 32.9 Å². The third-order valence-electron chi connectivity index (χ3n) is 2.77. The van der Waals surface area contributed by atoms with Crippen molar-refractivity contribution in [2.24, 2.45) is 5.92 Å². The molecule has 1 saturated heterocycles. The summed E-state index contributed by atoms with van der Waals surface area (Å²) in [6, 6.07) is 0. The molecule has 1 N–H and O–H groups in total. The normalized spacial score (nSPS) is 23.3. The Balaban J connectivity index is 2.32. The second-order valence-electron chi connectivity index (χ2n) is 4.26. The van der Waals surface area contributed by atoms with Crippen molar-refractivity contribution in [1.82, 2.24) is 9.80 Å². The number of hydrogen-bond donors (Lipinski definition) is 1. The van der Waals surface area contributed by atoms with Gasteiger partial charge in [0.25, 0.3) is 0 Å². The molecular weight excluding hydrogens is 164 g/mol. The fraction of sp³-hybridized carbons (Fsp3) is 1.00. The molecule has 0 saturated carbocycles. The van der Waals surface area contributed by atoms with Crippen LogP contribution in [0.2, 0.25) is 0 Å². The SMILES string of the molecule is CN1CCN(C)CC(CCCO)C1. The van der Waals surface area contributed by atoms with Crippen LogP contribution < -0.4 is 0 Å². The topological polar surface area (TPSA) is 26.7 Å². The summed E-state index contributed by atoms with van der Waals surface area (Å²) < 4.78 is 0. The van der Waals surface area contributed by atoms with Gasteiger partial charge in [-0.15, -0.1) is 0 Å². The van der Waals surface area contributed by atoms with E-state index in [2.05, 4.69) is 23.9 Å². The van der Waals surface area contributed by atoms with E-state index in [1.54, 1.807) is 0 Å². The second kappa shape index (κ2) is 5.58. The van der Waals surface area contributed by atoms with Gasteiger partial charge >= 0.3 is 0 Å². The lowest BCUT2D eigenvalue weighted by Crippen LogP contribution is -2.26. The zero-order valence-corrected chi connectivity index (χ0v) is 8.87. The van der Waals surface area contributed by atoms with Crippen LogP contribution in [0.5, 0.6) is 0 Å². The first kappa shape index (κ1) is 11.0. The van der Waals surface area contributed by atoms with Gasteiger partial charge in [0.1, 0.15) is 0 Å². The average Bonchev–Trinajstić information content (AvgIpc) is 2.25. The Bertz CT molecular complexity index is 129. The first-order valence-corrected chi connectivity index (χ1v) is 5.20. The molecule has 0 aromatic heterocycles. The van der Waals surface area contributed by atoms with Crippen molar-refractivity contribution < 1.29 is 5.11 Å². The van der Waals surface area contributed by atoms with E-state index in [0.29, 0.717) is 6.61 Å². The third-order valence-corrected chi connectivity index (χ3v) is 2.77. The van der Waals surface area contributed by atoms with Crippen LogP contribution in [0.3, 0.4) is 0 Å². The van der Waals surface area contributed by atoms with E-state index in [-0.39, 0.29) is 0 Å². The Labute approximate surface area is 81.3 Å². The number of nitrogens with zero attached hydrogens (tertiary/aromatic N) is 2. The largest absolute Gasteiger partial charge is 0.396 e. The van der Waals surface area contributed by atoms with Crippen LogP contribution in [-0.4, -0.2) is 61.8 Å². The summed E-state index contributed by atoms with van der Waals surface area (Å²) in [4.78, 5) is 4.79. The van der Waals surface area contributed by atoms with Crippen LogP contribution in [0, 0.1) is 5.92 Å². The molecule has 0 atom stereocenters. The Hall–Kier alpha value is -0.120. The first-order chi connectivity index (χ1) is 6.22. The van der Waals surface area contributed by atoms with E-state index >= 15 is 0 Å². The van der Waals surface area contributed by atoms with Crippen LogP contribution >= 0.6 is 0 Å². The van der Waals surface area contributed by atoms with Crippen molar-refractivity contribution in [3.05, 3.63) is 0 Å². The van der Waals surface area contributed by atoms with Gasteiger partial charge in [0.05, 0.1) is 0 Å². The van der Waals surface area contributed by atoms with Crippen LogP contribution in [-0.2, 0) is 0 Å². The van der Waals surface area contributed by atoms with Crippen molar-refractivity contribution in [3.63, 3.8) is 0 Å². The molecule has 1 rings (SSSR count). The molecule has 1 fully saturated rings. The molecule has 0 aliphatic carbocycles. The summed E-state index contributed by atoms with van der Waals surface area (Å²) in [7, 11) is 4.37. The molecule has 78 valence electrons. The van der Waals surface area contributed by atoms with Crippen LogP contribution in [0.15, 0.2) is 0 Å². The summed E-state index contributed by atoms with van der Waals surface area (Å²) >= 11 is 0. The molecule has 0 radical (unpaired) electrons. The highest BCUT2D eigenvalue weighted by atomic mass is 16.2. The van der Waals surface area contributed by atoms with Gasteiger partial charge in [0, 0.05) is 32.8 Å². The molecule has 0 spiro atoms. The number of hydrogen-bond acceptors (Lipinski definition) is 3. The molecule has 3 nitrogen and oxygen atoms in total. The minimum atomic E-state index is 0.337. The highest BCUT2D eigenvalue weighted by Crippen LogP contribution is 2.12. The average molecular weight is 186 g/mol. The highest BCUT2D eigenvalue weighted by molar-refractivity contribution is 4.72. The van der Waals surface area contributed by atoms with Crippen LogP contribution in [0.1, 0.15) is 12.8 Å². The number of likely N-dealkylation sites (N-methyl/N-ethyl adjacent to an activating group) is 2. The van der Waals surface area contributed by atoms with E-state index in [9.17, 15) is 0 Å². The monoisotopic (exact) mass is 186 g/mol. The molecule has 0 amide bonds. The van der Waals surface area contributed by atoms with Crippen molar-refractivity contribution in [3.8, 4) is 0 Å². The molecule has 0 aromatic rings. The Morgan fingerprint density at radius 3 is 2.15 bits per heavy atom. The summed E-state index contributed by atoms with van der Waals surface area (Å²) in [6.45, 7) is 5.05. The van der Waals surface area contributed by atoms with E-state index in [0.717, 1.165) is 18.8 Å². The number of aliphatic hydroxyl groups is 1. The van der Waals surface area contributed by atoms with Crippen molar-refractivity contribution in [2.75, 3.05) is 46.9 Å². The summed E-state index contributed by atoms with van der Waals surface area (Å²) in [5.74, 6) is 0.740. The standard InChI is InChI=1S/C10H22N2O/c1-11-5-6-12(2)9-10(8-11)4-3-7-13/h10,13H,3-9H2,1-2H3. The van der Waals surface area contributed by atoms with Crippen molar-refractivity contribution in [1.29, 1.82) is 0 Å². The van der Waals surface area contributed by atoms with Crippen molar-refractivity contribution in [2.45, 2.75) is 12.8 Å². The van der Waals surface area contributed by atoms with E-state index in [4.69, 9.17) is 5.11 Å². The van der Waals surface area contributed by atoms with E-state index in [1.165, 1.54) is 26.2 Å². The lowest BCUT2D eigenvalue weighted by molar-refractivity contribution is 0.241. The van der Waals surface area contributed by atoms with Crippen LogP contribution in [0.25, 0.3) is 0 Å². The maximum atomic E-state index is 8.77. The molecule has 3 heteroatoms. The van der Waals surface area contributed by atoms with Gasteiger partial charge in [-0.2, -0.15) is 0 Å². The highest BCUT2D eigenvalue weighted by Gasteiger charge is 2.17.